The van der Waals surface area contributed by atoms with Gasteiger partial charge in [-0.3, -0.25) is 9.59 Å². The first-order chi connectivity index (χ1) is 12.0. The van der Waals surface area contributed by atoms with Gasteiger partial charge in [-0.25, -0.2) is 4.39 Å². The number of benzene rings is 2. The number of carbonyl (C=O) groups excluding carboxylic acids is 2. The van der Waals surface area contributed by atoms with Crippen LogP contribution in [0, 0.1) is 11.2 Å². The first-order valence-corrected chi connectivity index (χ1v) is 8.49. The lowest BCUT2D eigenvalue weighted by molar-refractivity contribution is -0.135. The Labute approximate surface area is 153 Å². The summed E-state index contributed by atoms with van der Waals surface area (Å²) < 4.78 is 13.2. The Kier molecular flexibility index (Phi) is 5.50. The van der Waals surface area contributed by atoms with E-state index in [9.17, 15) is 14.0 Å². The zero-order valence-electron chi connectivity index (χ0n) is 15.8. The van der Waals surface area contributed by atoms with Crippen LogP contribution in [0.4, 0.5) is 15.8 Å². The Morgan fingerprint density at radius 2 is 1.35 bits per heavy atom. The van der Waals surface area contributed by atoms with E-state index in [4.69, 9.17) is 0 Å². The molecule has 2 amide bonds. The Morgan fingerprint density at radius 1 is 0.808 bits per heavy atom. The predicted octanol–water partition coefficient (Wildman–Crippen LogP) is 4.73. The summed E-state index contributed by atoms with van der Waals surface area (Å²) in [4.78, 5) is 25.0. The molecule has 0 saturated heterocycles. The fraction of sp³-hybridized carbons (Fsp3) is 0.333. The van der Waals surface area contributed by atoms with Gasteiger partial charge in [-0.05, 0) is 55.2 Å². The number of amides is 2. The molecular weight excluding hydrogens is 331 g/mol. The van der Waals surface area contributed by atoms with Gasteiger partial charge in [0.25, 0.3) is 0 Å². The molecule has 138 valence electrons. The van der Waals surface area contributed by atoms with E-state index >= 15 is 0 Å². The molecule has 0 aliphatic rings. The minimum absolute atomic E-state index is 0.0205. The summed E-state index contributed by atoms with van der Waals surface area (Å²) in [5.41, 5.74) is 0.778. The summed E-state index contributed by atoms with van der Waals surface area (Å²) in [6.07, 6.45) is 0. The normalized spacial score (nSPS) is 11.8. The zero-order chi connectivity index (χ0) is 19.5. The minimum atomic E-state index is -1.32. The molecule has 0 unspecified atom stereocenters. The summed E-state index contributed by atoms with van der Waals surface area (Å²) in [6, 6.07) is 13.1. The van der Waals surface area contributed by atoms with Crippen molar-refractivity contribution in [2.24, 2.45) is 5.41 Å². The van der Waals surface area contributed by atoms with Gasteiger partial charge in [0.15, 0.2) is 0 Å². The molecule has 2 aromatic rings. The van der Waals surface area contributed by atoms with Crippen LogP contribution in [0.15, 0.2) is 48.5 Å². The first-order valence-electron chi connectivity index (χ1n) is 8.49. The first kappa shape index (κ1) is 19.6. The number of halogens is 1. The summed E-state index contributed by atoms with van der Waals surface area (Å²) in [6.45, 7) is 9.39. The van der Waals surface area contributed by atoms with Crippen molar-refractivity contribution in [3.05, 3.63) is 59.9 Å². The average Bonchev–Trinajstić information content (AvgIpc) is 2.54. The van der Waals surface area contributed by atoms with Gasteiger partial charge in [0.2, 0.25) is 11.8 Å². The summed E-state index contributed by atoms with van der Waals surface area (Å²) in [5, 5.41) is 5.34. The fourth-order valence-electron chi connectivity index (χ4n) is 2.30. The quantitative estimate of drug-likeness (QED) is 0.778. The van der Waals surface area contributed by atoms with E-state index in [1.54, 1.807) is 6.07 Å². The van der Waals surface area contributed by atoms with Crippen molar-refractivity contribution in [1.29, 1.82) is 0 Å². The average molecular weight is 356 g/mol. The van der Waals surface area contributed by atoms with Gasteiger partial charge >= 0.3 is 0 Å². The molecule has 0 aliphatic carbocycles. The van der Waals surface area contributed by atoms with Crippen LogP contribution in [0.5, 0.6) is 0 Å². The van der Waals surface area contributed by atoms with E-state index in [1.165, 1.54) is 32.0 Å². The molecule has 4 nitrogen and oxygen atoms in total. The minimum Gasteiger partial charge on any atom is -0.325 e. The monoisotopic (exact) mass is 356 g/mol. The number of anilines is 2. The molecule has 0 atom stereocenters. The summed E-state index contributed by atoms with van der Waals surface area (Å²) in [7, 11) is 0. The maximum absolute atomic E-state index is 13.2. The molecule has 26 heavy (non-hydrogen) atoms. The molecule has 0 heterocycles. The maximum Gasteiger partial charge on any atom is 0.239 e. The molecule has 0 radical (unpaired) electrons. The van der Waals surface area contributed by atoms with Crippen molar-refractivity contribution in [3.63, 3.8) is 0 Å². The van der Waals surface area contributed by atoms with E-state index in [-0.39, 0.29) is 5.41 Å². The van der Waals surface area contributed by atoms with Crippen molar-refractivity contribution < 1.29 is 14.0 Å². The third-order valence-corrected chi connectivity index (χ3v) is 4.23. The molecule has 2 rings (SSSR count). The lowest BCUT2D eigenvalue weighted by atomic mass is 9.87. The standard InChI is InChI=1S/C21H25FN2O2/c1-20(2,3)14-9-11-16(12-10-14)23-18(25)21(4,5)19(26)24-17-8-6-7-15(22)13-17/h6-13H,1-5H3,(H,23,25)(H,24,26). The van der Waals surface area contributed by atoms with Crippen LogP contribution in [-0.2, 0) is 15.0 Å². The highest BCUT2D eigenvalue weighted by Crippen LogP contribution is 2.25. The second-order valence-electron chi connectivity index (χ2n) is 7.87. The van der Waals surface area contributed by atoms with Crippen molar-refractivity contribution in [2.75, 3.05) is 10.6 Å². The number of rotatable bonds is 4. The van der Waals surface area contributed by atoms with Gasteiger partial charge in [-0.1, -0.05) is 39.0 Å². The molecule has 0 spiro atoms. The van der Waals surface area contributed by atoms with Crippen LogP contribution in [0.3, 0.4) is 0 Å². The second-order valence-corrected chi connectivity index (χ2v) is 7.87. The zero-order valence-corrected chi connectivity index (χ0v) is 15.8. The third-order valence-electron chi connectivity index (χ3n) is 4.23. The van der Waals surface area contributed by atoms with Gasteiger partial charge in [-0.2, -0.15) is 0 Å². The molecule has 5 heteroatoms. The molecule has 2 aromatic carbocycles. The molecule has 0 saturated carbocycles. The van der Waals surface area contributed by atoms with Crippen LogP contribution in [0.1, 0.15) is 40.2 Å². The van der Waals surface area contributed by atoms with E-state index in [0.717, 1.165) is 5.56 Å². The van der Waals surface area contributed by atoms with Crippen molar-refractivity contribution in [2.45, 2.75) is 40.0 Å². The topological polar surface area (TPSA) is 58.2 Å². The smallest absolute Gasteiger partial charge is 0.239 e. The number of carbonyl (C=O) groups is 2. The highest BCUT2D eigenvalue weighted by atomic mass is 19.1. The Bertz CT molecular complexity index is 806. The van der Waals surface area contributed by atoms with E-state index in [1.807, 2.05) is 24.3 Å². The van der Waals surface area contributed by atoms with Crippen molar-refractivity contribution >= 4 is 23.2 Å². The molecule has 0 aliphatic heterocycles. The number of hydrogen-bond donors (Lipinski definition) is 2. The van der Waals surface area contributed by atoms with E-state index < -0.39 is 23.0 Å². The van der Waals surface area contributed by atoms with Crippen LogP contribution in [-0.4, -0.2) is 11.8 Å². The fourth-order valence-corrected chi connectivity index (χ4v) is 2.30. The largest absolute Gasteiger partial charge is 0.325 e. The summed E-state index contributed by atoms with van der Waals surface area (Å²) >= 11 is 0. The maximum atomic E-state index is 13.2. The Hall–Kier alpha value is -2.69. The number of hydrogen-bond acceptors (Lipinski definition) is 2. The number of nitrogens with one attached hydrogen (secondary N) is 2. The van der Waals surface area contributed by atoms with Crippen LogP contribution in [0.2, 0.25) is 0 Å². The van der Waals surface area contributed by atoms with Crippen LogP contribution in [0.25, 0.3) is 0 Å². The predicted molar refractivity (Wildman–Crippen MR) is 103 cm³/mol. The lowest BCUT2D eigenvalue weighted by Gasteiger charge is -2.23. The van der Waals surface area contributed by atoms with E-state index in [0.29, 0.717) is 11.4 Å². The molecule has 0 bridgehead atoms. The molecular formula is C21H25FN2O2. The summed E-state index contributed by atoms with van der Waals surface area (Å²) in [5.74, 6) is -1.40. The van der Waals surface area contributed by atoms with Gasteiger partial charge < -0.3 is 10.6 Å². The SMILES string of the molecule is CC(C)(C(=O)Nc1ccc(C(C)(C)C)cc1)C(=O)Nc1cccc(F)c1. The second kappa shape index (κ2) is 7.28. The molecule has 0 aromatic heterocycles. The third kappa shape index (κ3) is 4.69. The highest BCUT2D eigenvalue weighted by Gasteiger charge is 2.36. The van der Waals surface area contributed by atoms with Gasteiger partial charge in [0.1, 0.15) is 11.2 Å². The Morgan fingerprint density at radius 3 is 1.85 bits per heavy atom. The molecule has 0 fully saturated rings. The van der Waals surface area contributed by atoms with Gasteiger partial charge in [-0.15, -0.1) is 0 Å². The molecule has 2 N–H and O–H groups in total. The van der Waals surface area contributed by atoms with Crippen molar-refractivity contribution in [1.82, 2.24) is 0 Å². The van der Waals surface area contributed by atoms with Crippen LogP contribution < -0.4 is 10.6 Å². The highest BCUT2D eigenvalue weighted by molar-refractivity contribution is 6.13. The van der Waals surface area contributed by atoms with Gasteiger partial charge in [0, 0.05) is 11.4 Å². The lowest BCUT2D eigenvalue weighted by Crippen LogP contribution is -2.41. The van der Waals surface area contributed by atoms with E-state index in [2.05, 4.69) is 31.4 Å². The van der Waals surface area contributed by atoms with Gasteiger partial charge in [0.05, 0.1) is 0 Å². The van der Waals surface area contributed by atoms with Crippen molar-refractivity contribution in [3.8, 4) is 0 Å². The Balaban J connectivity index is 2.08. The van der Waals surface area contributed by atoms with Crippen LogP contribution >= 0.6 is 0 Å².